The molecule has 1 heterocycles. The highest BCUT2D eigenvalue weighted by Gasteiger charge is 2.72. The molecule has 3 atom stereocenters. The van der Waals surface area contributed by atoms with Crippen LogP contribution in [0.3, 0.4) is 0 Å². The second kappa shape index (κ2) is 9.65. The molecular formula is C33H40O6. The number of fused-ring (bicyclic) bond motifs is 5. The highest BCUT2D eigenvalue weighted by Crippen LogP contribution is 2.65. The lowest BCUT2D eigenvalue weighted by molar-refractivity contribution is -0.151. The minimum atomic E-state index is -1.41. The molecule has 4 rings (SSSR count). The number of hydrogen-bond acceptors (Lipinski definition) is 6. The van der Waals surface area contributed by atoms with Crippen LogP contribution in [0.1, 0.15) is 97.2 Å². The van der Waals surface area contributed by atoms with Gasteiger partial charge >= 0.3 is 0 Å². The summed E-state index contributed by atoms with van der Waals surface area (Å²) in [6, 6.07) is 2.31. The van der Waals surface area contributed by atoms with E-state index in [4.69, 9.17) is 4.42 Å². The minimum absolute atomic E-state index is 0.00144. The number of benzene rings is 1. The van der Waals surface area contributed by atoms with Crippen molar-refractivity contribution < 1.29 is 24.2 Å². The molecule has 2 bridgehead atoms. The van der Waals surface area contributed by atoms with Crippen LogP contribution in [0.15, 0.2) is 56.3 Å². The first-order valence-corrected chi connectivity index (χ1v) is 13.6. The van der Waals surface area contributed by atoms with Crippen molar-refractivity contribution in [1.29, 1.82) is 0 Å². The van der Waals surface area contributed by atoms with Crippen molar-refractivity contribution in [2.24, 2.45) is 16.7 Å². The van der Waals surface area contributed by atoms with Gasteiger partial charge in [-0.3, -0.25) is 14.4 Å². The number of ketones is 2. The number of Topliss-reactive ketones (excluding diaryl/α,β-unsaturated/α-hetero) is 2. The molecule has 0 aliphatic heterocycles. The predicted octanol–water partition coefficient (Wildman–Crippen LogP) is 7.31. The first-order valence-electron chi connectivity index (χ1n) is 13.6. The molecule has 0 spiro atoms. The molecule has 1 fully saturated rings. The van der Waals surface area contributed by atoms with Crippen LogP contribution in [0.25, 0.3) is 11.0 Å². The number of hydrogen-bond donors (Lipinski definition) is 2. The van der Waals surface area contributed by atoms with E-state index in [1.54, 1.807) is 0 Å². The molecule has 6 heteroatoms. The van der Waals surface area contributed by atoms with Crippen molar-refractivity contribution in [3.8, 4) is 11.5 Å². The van der Waals surface area contributed by atoms with E-state index in [2.05, 4.69) is 19.9 Å². The largest absolute Gasteiger partial charge is 0.504 e. The fraction of sp³-hybridized carbons (Fsp3) is 0.485. The van der Waals surface area contributed by atoms with Crippen molar-refractivity contribution >= 4 is 22.5 Å². The summed E-state index contributed by atoms with van der Waals surface area (Å²) in [6.45, 7) is 16.0. The van der Waals surface area contributed by atoms with Crippen LogP contribution in [-0.2, 0) is 10.2 Å². The molecule has 1 aromatic heterocycles. The second-order valence-corrected chi connectivity index (χ2v) is 12.7. The summed E-state index contributed by atoms with van der Waals surface area (Å²) < 4.78 is 6.37. The van der Waals surface area contributed by atoms with Gasteiger partial charge in [-0.25, -0.2) is 0 Å². The van der Waals surface area contributed by atoms with Crippen LogP contribution in [0.4, 0.5) is 0 Å². The number of carbonyl (C=O) groups excluding carboxylic acids is 2. The Bertz CT molecular complexity index is 1520. The van der Waals surface area contributed by atoms with Crippen LogP contribution in [0.5, 0.6) is 11.5 Å². The first kappa shape index (κ1) is 28.6. The van der Waals surface area contributed by atoms with Crippen LogP contribution < -0.4 is 5.43 Å². The Balaban J connectivity index is 2.20. The molecule has 2 aromatic rings. The molecule has 208 valence electrons. The summed E-state index contributed by atoms with van der Waals surface area (Å²) in [5.74, 6) is -1.60. The Labute approximate surface area is 230 Å². The monoisotopic (exact) mass is 532 g/mol. The highest BCUT2D eigenvalue weighted by atomic mass is 16.3. The van der Waals surface area contributed by atoms with E-state index >= 15 is 0 Å². The minimum Gasteiger partial charge on any atom is -0.504 e. The third kappa shape index (κ3) is 4.19. The van der Waals surface area contributed by atoms with Gasteiger partial charge in [-0.2, -0.15) is 0 Å². The van der Waals surface area contributed by atoms with Gasteiger partial charge in [0.05, 0.1) is 16.2 Å². The number of carbonyl (C=O) groups is 2. The van der Waals surface area contributed by atoms with Gasteiger partial charge < -0.3 is 14.6 Å². The summed E-state index contributed by atoms with van der Waals surface area (Å²) >= 11 is 0. The maximum absolute atomic E-state index is 15.0. The van der Waals surface area contributed by atoms with E-state index in [9.17, 15) is 24.6 Å². The summed E-state index contributed by atoms with van der Waals surface area (Å²) in [7, 11) is 0. The quantitative estimate of drug-likeness (QED) is 0.230. The molecule has 0 unspecified atom stereocenters. The van der Waals surface area contributed by atoms with Crippen molar-refractivity contribution in [3.63, 3.8) is 0 Å². The Kier molecular flexibility index (Phi) is 7.08. The average molecular weight is 533 g/mol. The lowest BCUT2D eigenvalue weighted by Gasteiger charge is -2.60. The Morgan fingerprint density at radius 3 is 2.05 bits per heavy atom. The van der Waals surface area contributed by atoms with Crippen molar-refractivity contribution in [2.75, 3.05) is 0 Å². The number of phenols is 2. The lowest BCUT2D eigenvalue weighted by atomic mass is 9.40. The Morgan fingerprint density at radius 1 is 0.897 bits per heavy atom. The van der Waals surface area contributed by atoms with Gasteiger partial charge in [-0.05, 0) is 84.6 Å². The Morgan fingerprint density at radius 2 is 1.46 bits per heavy atom. The molecule has 2 aliphatic carbocycles. The third-order valence-corrected chi connectivity index (χ3v) is 9.06. The lowest BCUT2D eigenvalue weighted by Crippen LogP contribution is -2.68. The second-order valence-electron chi connectivity index (χ2n) is 12.7. The van der Waals surface area contributed by atoms with Gasteiger partial charge in [0, 0.05) is 6.07 Å². The molecule has 1 saturated carbocycles. The van der Waals surface area contributed by atoms with Crippen molar-refractivity contribution in [1.82, 2.24) is 0 Å². The standard InChI is InChI=1S/C33H40O6/c1-18(2)9-10-21-17-32(13-11-19(3)4)28(37)26-27(36)22-15-23(34)24(35)16-25(22)39-29(26)33(30(32)38,31(21,7)8)14-12-20(5)6/h9,11-12,15-16,21,34-35H,10,13-14,17H2,1-8H3/t21-,32-,33+/m0/s1. The van der Waals surface area contributed by atoms with Gasteiger partial charge in [-0.15, -0.1) is 0 Å². The molecule has 0 radical (unpaired) electrons. The molecule has 1 aromatic carbocycles. The fourth-order valence-electron chi connectivity index (χ4n) is 6.58. The topological polar surface area (TPSA) is 105 Å². The van der Waals surface area contributed by atoms with E-state index in [0.717, 1.165) is 22.8 Å². The summed E-state index contributed by atoms with van der Waals surface area (Å²) in [4.78, 5) is 43.5. The zero-order chi connectivity index (χ0) is 29.1. The van der Waals surface area contributed by atoms with E-state index < -0.39 is 39.0 Å². The smallest absolute Gasteiger partial charge is 0.204 e. The maximum atomic E-state index is 15.0. The third-order valence-electron chi connectivity index (χ3n) is 9.06. The zero-order valence-corrected chi connectivity index (χ0v) is 24.3. The van der Waals surface area contributed by atoms with E-state index in [1.165, 1.54) is 6.07 Å². The van der Waals surface area contributed by atoms with E-state index in [-0.39, 0.29) is 46.8 Å². The fourth-order valence-corrected chi connectivity index (χ4v) is 6.58. The van der Waals surface area contributed by atoms with Crippen LogP contribution >= 0.6 is 0 Å². The zero-order valence-electron chi connectivity index (χ0n) is 24.3. The maximum Gasteiger partial charge on any atom is 0.204 e. The number of aromatic hydroxyl groups is 2. The Hall–Kier alpha value is -3.41. The number of allylic oxidation sites excluding steroid dienone is 6. The SMILES string of the molecule is CC(C)=CC[C@H]1C[C@@]2(CC=C(C)C)C(=O)c3c(oc4cc(O)c(O)cc4c3=O)[C@](CC=C(C)C)(C2=O)C1(C)C. The van der Waals surface area contributed by atoms with Gasteiger partial charge in [0.15, 0.2) is 23.1 Å². The summed E-state index contributed by atoms with van der Waals surface area (Å²) in [5.41, 5.74) is -0.880. The molecular weight excluding hydrogens is 492 g/mol. The first-order chi connectivity index (χ1) is 18.1. The molecule has 2 aliphatic rings. The van der Waals surface area contributed by atoms with E-state index in [0.29, 0.717) is 12.8 Å². The number of phenolic OH excluding ortho intramolecular Hbond substituents is 2. The van der Waals surface area contributed by atoms with Crippen molar-refractivity contribution in [3.05, 3.63) is 68.6 Å². The van der Waals surface area contributed by atoms with Gasteiger partial charge in [0.2, 0.25) is 5.43 Å². The van der Waals surface area contributed by atoms with Gasteiger partial charge in [-0.1, -0.05) is 48.8 Å². The van der Waals surface area contributed by atoms with Crippen LogP contribution in [0.2, 0.25) is 0 Å². The van der Waals surface area contributed by atoms with Gasteiger partial charge in [0.1, 0.15) is 16.9 Å². The normalized spacial score (nSPS) is 25.2. The van der Waals surface area contributed by atoms with Crippen LogP contribution in [-0.4, -0.2) is 21.8 Å². The predicted molar refractivity (Wildman–Crippen MR) is 153 cm³/mol. The summed E-state index contributed by atoms with van der Waals surface area (Å²) in [6.07, 6.45) is 7.58. The van der Waals surface area contributed by atoms with Gasteiger partial charge in [0.25, 0.3) is 0 Å². The molecule has 0 amide bonds. The highest BCUT2D eigenvalue weighted by molar-refractivity contribution is 6.23. The molecule has 2 N–H and O–H groups in total. The van der Waals surface area contributed by atoms with Crippen LogP contribution in [0, 0.1) is 16.7 Å². The summed E-state index contributed by atoms with van der Waals surface area (Å²) in [5, 5.41) is 20.3. The molecule has 0 saturated heterocycles. The average Bonchev–Trinajstić information content (AvgIpc) is 2.83. The number of rotatable bonds is 6. The van der Waals surface area contributed by atoms with Crippen molar-refractivity contribution in [2.45, 2.75) is 86.5 Å². The molecule has 6 nitrogen and oxygen atoms in total. The van der Waals surface area contributed by atoms with E-state index in [1.807, 2.05) is 53.7 Å². The molecule has 39 heavy (non-hydrogen) atoms.